The molecule has 0 saturated heterocycles. The minimum Gasteiger partial charge on any atom is -0.343 e. The summed E-state index contributed by atoms with van der Waals surface area (Å²) in [6, 6.07) is 5.64. The van der Waals surface area contributed by atoms with Gasteiger partial charge in [-0.2, -0.15) is 0 Å². The van der Waals surface area contributed by atoms with Crippen LogP contribution >= 0.6 is 11.3 Å². The maximum Gasteiger partial charge on any atom is 0.251 e. The summed E-state index contributed by atoms with van der Waals surface area (Å²) in [5, 5.41) is 14.3. The van der Waals surface area contributed by atoms with E-state index >= 15 is 0 Å². The predicted octanol–water partition coefficient (Wildman–Crippen LogP) is 1.89. The number of unbranched alkanes of at least 4 members (excludes halogenated alkanes) is 2. The number of carbonyl (C=O) groups excluding carboxylic acids is 2. The first-order valence-electron chi connectivity index (χ1n) is 9.17. The summed E-state index contributed by atoms with van der Waals surface area (Å²) in [5.41, 5.74) is 0.148. The number of sulfonamides is 1. The zero-order chi connectivity index (χ0) is 21.4. The number of nitrogens with zero attached hydrogens (tertiary/aromatic N) is 3. The van der Waals surface area contributed by atoms with Crippen molar-refractivity contribution in [2.75, 3.05) is 26.0 Å². The van der Waals surface area contributed by atoms with Crippen molar-refractivity contribution in [1.82, 2.24) is 19.8 Å². The van der Waals surface area contributed by atoms with Crippen LogP contribution in [-0.4, -0.2) is 55.4 Å². The van der Waals surface area contributed by atoms with Gasteiger partial charge in [-0.15, -0.1) is 10.2 Å². The molecule has 1 aromatic heterocycles. The van der Waals surface area contributed by atoms with Gasteiger partial charge < -0.3 is 5.32 Å². The Kier molecular flexibility index (Phi) is 8.23. The molecule has 0 unspecified atom stereocenters. The Balaban J connectivity index is 1.90. The minimum absolute atomic E-state index is 0.00376. The van der Waals surface area contributed by atoms with E-state index in [1.807, 2.05) is 0 Å². The average Bonchev–Trinajstić information content (AvgIpc) is 3.13. The summed E-state index contributed by atoms with van der Waals surface area (Å²) in [6.07, 6.45) is 4.08. The van der Waals surface area contributed by atoms with E-state index in [2.05, 4.69) is 27.8 Å². The van der Waals surface area contributed by atoms with Crippen LogP contribution in [0.25, 0.3) is 0 Å². The molecule has 0 aliphatic heterocycles. The van der Waals surface area contributed by atoms with Gasteiger partial charge in [0.15, 0.2) is 0 Å². The molecule has 2 N–H and O–H groups in total. The van der Waals surface area contributed by atoms with Gasteiger partial charge >= 0.3 is 0 Å². The molecule has 2 aromatic rings. The zero-order valence-electron chi connectivity index (χ0n) is 16.6. The van der Waals surface area contributed by atoms with E-state index < -0.39 is 21.8 Å². The molecule has 2 amide bonds. The summed E-state index contributed by atoms with van der Waals surface area (Å²) in [4.78, 5) is 24.3. The van der Waals surface area contributed by atoms with Gasteiger partial charge in [-0.25, -0.2) is 12.7 Å². The van der Waals surface area contributed by atoms with Crippen LogP contribution in [0.4, 0.5) is 5.13 Å². The molecule has 29 heavy (non-hydrogen) atoms. The number of hydrogen-bond acceptors (Lipinski definition) is 7. The third-order valence-electron chi connectivity index (χ3n) is 3.99. The lowest BCUT2D eigenvalue weighted by Gasteiger charge is -2.12. The van der Waals surface area contributed by atoms with Gasteiger partial charge in [-0.3, -0.25) is 14.9 Å². The lowest BCUT2D eigenvalue weighted by atomic mass is 10.2. The summed E-state index contributed by atoms with van der Waals surface area (Å²) in [5.74, 6) is -0.986. The molecule has 0 atom stereocenters. The van der Waals surface area contributed by atoms with Gasteiger partial charge in [-0.1, -0.05) is 37.2 Å². The molecule has 2 rings (SSSR count). The van der Waals surface area contributed by atoms with Crippen LogP contribution in [0.3, 0.4) is 0 Å². The molecule has 11 heteroatoms. The molecule has 9 nitrogen and oxygen atoms in total. The SMILES string of the molecule is CCCCCc1nnc(NC(=O)CNC(=O)c2cccc(S(=O)(=O)N(C)C)c2)s1. The number of aromatic nitrogens is 2. The van der Waals surface area contributed by atoms with Crippen molar-refractivity contribution in [3.63, 3.8) is 0 Å². The second-order valence-electron chi connectivity index (χ2n) is 6.50. The van der Waals surface area contributed by atoms with E-state index in [9.17, 15) is 18.0 Å². The van der Waals surface area contributed by atoms with Crippen molar-refractivity contribution in [3.8, 4) is 0 Å². The fourth-order valence-corrected chi connectivity index (χ4v) is 4.11. The van der Waals surface area contributed by atoms with Gasteiger partial charge in [0.2, 0.25) is 21.1 Å². The Hall–Kier alpha value is -2.37. The molecule has 0 aliphatic carbocycles. The van der Waals surface area contributed by atoms with Crippen molar-refractivity contribution in [1.29, 1.82) is 0 Å². The lowest BCUT2D eigenvalue weighted by Crippen LogP contribution is -2.33. The van der Waals surface area contributed by atoms with Crippen LogP contribution in [-0.2, 0) is 21.2 Å². The third kappa shape index (κ3) is 6.58. The molecule has 158 valence electrons. The van der Waals surface area contributed by atoms with Crippen LogP contribution < -0.4 is 10.6 Å². The fraction of sp³-hybridized carbons (Fsp3) is 0.444. The summed E-state index contributed by atoms with van der Waals surface area (Å²) < 4.78 is 25.4. The number of rotatable bonds is 10. The van der Waals surface area contributed by atoms with Crippen LogP contribution in [0.5, 0.6) is 0 Å². The van der Waals surface area contributed by atoms with Gasteiger partial charge in [0.25, 0.3) is 5.91 Å². The number of amides is 2. The van der Waals surface area contributed by atoms with Gasteiger partial charge in [0, 0.05) is 26.1 Å². The van der Waals surface area contributed by atoms with Gasteiger partial charge in [0.05, 0.1) is 11.4 Å². The highest BCUT2D eigenvalue weighted by atomic mass is 32.2. The second kappa shape index (κ2) is 10.4. The summed E-state index contributed by atoms with van der Waals surface area (Å²) in [6.45, 7) is 1.85. The monoisotopic (exact) mass is 439 g/mol. The number of hydrogen-bond donors (Lipinski definition) is 2. The molecule has 0 spiro atoms. The highest BCUT2D eigenvalue weighted by Gasteiger charge is 2.19. The first-order chi connectivity index (χ1) is 13.7. The number of aryl methyl sites for hydroxylation is 1. The first-order valence-corrected chi connectivity index (χ1v) is 11.4. The average molecular weight is 440 g/mol. The molecule has 0 saturated carbocycles. The smallest absolute Gasteiger partial charge is 0.251 e. The predicted molar refractivity (Wildman–Crippen MR) is 111 cm³/mol. The van der Waals surface area contributed by atoms with E-state index in [0.717, 1.165) is 35.0 Å². The number of anilines is 1. The van der Waals surface area contributed by atoms with Crippen LogP contribution in [0.1, 0.15) is 41.6 Å². The van der Waals surface area contributed by atoms with Crippen molar-refractivity contribution in [3.05, 3.63) is 34.8 Å². The number of carbonyl (C=O) groups is 2. The molecular formula is C18H25N5O4S2. The van der Waals surface area contributed by atoms with Crippen molar-refractivity contribution >= 4 is 38.3 Å². The lowest BCUT2D eigenvalue weighted by molar-refractivity contribution is -0.115. The van der Waals surface area contributed by atoms with Crippen molar-refractivity contribution in [2.24, 2.45) is 0 Å². The second-order valence-corrected chi connectivity index (χ2v) is 9.72. The first kappa shape index (κ1) is 22.9. The van der Waals surface area contributed by atoms with Gasteiger partial charge in [-0.05, 0) is 24.6 Å². The number of benzene rings is 1. The Morgan fingerprint density at radius 1 is 1.17 bits per heavy atom. The number of nitrogens with one attached hydrogen (secondary N) is 2. The maximum atomic E-state index is 12.3. The Morgan fingerprint density at radius 3 is 2.62 bits per heavy atom. The fourth-order valence-electron chi connectivity index (χ4n) is 2.37. The van der Waals surface area contributed by atoms with Crippen LogP contribution in [0.15, 0.2) is 29.2 Å². The maximum absolute atomic E-state index is 12.3. The highest BCUT2D eigenvalue weighted by molar-refractivity contribution is 7.89. The summed E-state index contributed by atoms with van der Waals surface area (Å²) >= 11 is 1.31. The highest BCUT2D eigenvalue weighted by Crippen LogP contribution is 2.17. The Labute approximate surface area is 174 Å². The Bertz CT molecular complexity index is 957. The Morgan fingerprint density at radius 2 is 1.93 bits per heavy atom. The molecule has 1 aromatic carbocycles. The molecule has 0 radical (unpaired) electrons. The van der Waals surface area contributed by atoms with Crippen LogP contribution in [0, 0.1) is 0 Å². The van der Waals surface area contributed by atoms with E-state index in [4.69, 9.17) is 0 Å². The standard InChI is InChI=1S/C18H25N5O4S2/c1-4-5-6-10-16-21-22-18(28-16)20-15(24)12-19-17(25)13-8-7-9-14(11-13)29(26,27)23(2)3/h7-9,11H,4-6,10,12H2,1-3H3,(H,19,25)(H,20,22,24). The molecular weight excluding hydrogens is 414 g/mol. The largest absolute Gasteiger partial charge is 0.343 e. The topological polar surface area (TPSA) is 121 Å². The van der Waals surface area contributed by atoms with E-state index in [1.165, 1.54) is 49.7 Å². The molecule has 0 bridgehead atoms. The van der Waals surface area contributed by atoms with E-state index in [1.54, 1.807) is 0 Å². The van der Waals surface area contributed by atoms with Gasteiger partial charge in [0.1, 0.15) is 5.01 Å². The van der Waals surface area contributed by atoms with E-state index in [0.29, 0.717) is 5.13 Å². The molecule has 1 heterocycles. The van der Waals surface area contributed by atoms with Crippen molar-refractivity contribution < 1.29 is 18.0 Å². The molecule has 0 fully saturated rings. The quantitative estimate of drug-likeness (QED) is 0.545. The molecule has 0 aliphatic rings. The minimum atomic E-state index is -3.65. The zero-order valence-corrected chi connectivity index (χ0v) is 18.3. The van der Waals surface area contributed by atoms with Crippen LogP contribution in [0.2, 0.25) is 0 Å². The van der Waals surface area contributed by atoms with Crippen molar-refractivity contribution in [2.45, 2.75) is 37.5 Å². The normalized spacial score (nSPS) is 11.4. The third-order valence-corrected chi connectivity index (χ3v) is 6.70. The summed E-state index contributed by atoms with van der Waals surface area (Å²) in [7, 11) is -0.827. The van der Waals surface area contributed by atoms with E-state index in [-0.39, 0.29) is 17.0 Å².